The summed E-state index contributed by atoms with van der Waals surface area (Å²) in [6.45, 7) is 0.679. The zero-order chi connectivity index (χ0) is 14.7. The minimum atomic E-state index is -0.270. The Bertz CT molecular complexity index is 632. The molecule has 0 bridgehead atoms. The lowest BCUT2D eigenvalue weighted by molar-refractivity contribution is 0.207. The summed E-state index contributed by atoms with van der Waals surface area (Å²) in [5, 5.41) is 2.85. The van der Waals surface area contributed by atoms with Crippen molar-refractivity contribution in [2.75, 3.05) is 11.9 Å². The largest absolute Gasteiger partial charge is 0.322 e. The second kappa shape index (κ2) is 5.91. The second-order valence-electron chi connectivity index (χ2n) is 5.07. The summed E-state index contributed by atoms with van der Waals surface area (Å²) in [5.41, 5.74) is 1.55. The van der Waals surface area contributed by atoms with Gasteiger partial charge in [-0.05, 0) is 42.7 Å². The number of hydrogen-bond donors (Lipinski definition) is 1. The van der Waals surface area contributed by atoms with Gasteiger partial charge in [0, 0.05) is 24.6 Å². The first kappa shape index (κ1) is 13.5. The molecule has 1 saturated heterocycles. The molecular formula is C16H16FN3O. The van der Waals surface area contributed by atoms with Gasteiger partial charge in [-0.3, -0.25) is 4.98 Å². The lowest BCUT2D eigenvalue weighted by atomic mass is 10.0. The van der Waals surface area contributed by atoms with Gasteiger partial charge in [-0.2, -0.15) is 0 Å². The lowest BCUT2D eigenvalue weighted by Crippen LogP contribution is -2.34. The van der Waals surface area contributed by atoms with Gasteiger partial charge < -0.3 is 10.2 Å². The van der Waals surface area contributed by atoms with E-state index in [1.807, 2.05) is 6.07 Å². The van der Waals surface area contributed by atoms with Gasteiger partial charge in [-0.1, -0.05) is 12.1 Å². The molecule has 1 unspecified atom stereocenters. The van der Waals surface area contributed by atoms with Crippen molar-refractivity contribution in [3.05, 3.63) is 60.2 Å². The van der Waals surface area contributed by atoms with Gasteiger partial charge in [0.15, 0.2) is 0 Å². The van der Waals surface area contributed by atoms with Crippen LogP contribution in [0.5, 0.6) is 0 Å². The molecule has 1 fully saturated rings. The van der Waals surface area contributed by atoms with E-state index in [0.29, 0.717) is 12.2 Å². The number of pyridine rings is 1. The summed E-state index contributed by atoms with van der Waals surface area (Å²) in [4.78, 5) is 18.1. The van der Waals surface area contributed by atoms with Crippen molar-refractivity contribution in [1.29, 1.82) is 0 Å². The SMILES string of the molecule is O=C(Nc1ccncc1)N1CCCC1c1cccc(F)c1. The Morgan fingerprint density at radius 2 is 2.10 bits per heavy atom. The first-order valence-electron chi connectivity index (χ1n) is 6.97. The van der Waals surface area contributed by atoms with Crippen LogP contribution in [-0.2, 0) is 0 Å². The highest BCUT2D eigenvalue weighted by Gasteiger charge is 2.30. The van der Waals surface area contributed by atoms with Gasteiger partial charge in [-0.15, -0.1) is 0 Å². The van der Waals surface area contributed by atoms with Crippen LogP contribution in [0.4, 0.5) is 14.9 Å². The molecule has 5 heteroatoms. The van der Waals surface area contributed by atoms with Crippen LogP contribution in [-0.4, -0.2) is 22.5 Å². The summed E-state index contributed by atoms with van der Waals surface area (Å²) in [6.07, 6.45) is 5.03. The maximum Gasteiger partial charge on any atom is 0.322 e. The predicted molar refractivity (Wildman–Crippen MR) is 78.3 cm³/mol. The number of amides is 2. The molecular weight excluding hydrogens is 269 g/mol. The van der Waals surface area contributed by atoms with E-state index in [-0.39, 0.29) is 17.9 Å². The third-order valence-corrected chi connectivity index (χ3v) is 3.68. The molecule has 1 aromatic heterocycles. The van der Waals surface area contributed by atoms with Crippen molar-refractivity contribution >= 4 is 11.7 Å². The van der Waals surface area contributed by atoms with Crippen molar-refractivity contribution in [3.63, 3.8) is 0 Å². The van der Waals surface area contributed by atoms with Crippen LogP contribution < -0.4 is 5.32 Å². The fraction of sp³-hybridized carbons (Fsp3) is 0.250. The van der Waals surface area contributed by atoms with Crippen LogP contribution in [0, 0.1) is 5.82 Å². The Kier molecular flexibility index (Phi) is 3.81. The number of anilines is 1. The quantitative estimate of drug-likeness (QED) is 0.916. The van der Waals surface area contributed by atoms with Crippen LogP contribution in [0.2, 0.25) is 0 Å². The molecule has 2 amide bonds. The maximum absolute atomic E-state index is 13.4. The van der Waals surface area contributed by atoms with Crippen LogP contribution >= 0.6 is 0 Å². The monoisotopic (exact) mass is 285 g/mol. The molecule has 1 aromatic carbocycles. The van der Waals surface area contributed by atoms with E-state index >= 15 is 0 Å². The Morgan fingerprint density at radius 3 is 2.86 bits per heavy atom. The lowest BCUT2D eigenvalue weighted by Gasteiger charge is -2.25. The number of nitrogens with one attached hydrogen (secondary N) is 1. The van der Waals surface area contributed by atoms with Crippen molar-refractivity contribution in [3.8, 4) is 0 Å². The third kappa shape index (κ3) is 3.02. The number of nitrogens with zero attached hydrogens (tertiary/aromatic N) is 2. The summed E-state index contributed by atoms with van der Waals surface area (Å²) in [7, 11) is 0. The molecule has 21 heavy (non-hydrogen) atoms. The summed E-state index contributed by atoms with van der Waals surface area (Å²) in [6, 6.07) is 9.72. The zero-order valence-corrected chi connectivity index (χ0v) is 11.5. The molecule has 0 aliphatic carbocycles. The van der Waals surface area contributed by atoms with E-state index in [2.05, 4.69) is 10.3 Å². The van der Waals surface area contributed by atoms with E-state index in [9.17, 15) is 9.18 Å². The highest BCUT2D eigenvalue weighted by Crippen LogP contribution is 2.32. The minimum Gasteiger partial charge on any atom is -0.317 e. The second-order valence-corrected chi connectivity index (χ2v) is 5.07. The van der Waals surface area contributed by atoms with Crippen molar-refractivity contribution in [2.45, 2.75) is 18.9 Å². The van der Waals surface area contributed by atoms with Gasteiger partial charge in [0.1, 0.15) is 5.82 Å². The van der Waals surface area contributed by atoms with E-state index in [4.69, 9.17) is 0 Å². The van der Waals surface area contributed by atoms with Crippen molar-refractivity contribution in [2.24, 2.45) is 0 Å². The number of carbonyl (C=O) groups is 1. The molecule has 108 valence electrons. The normalized spacial score (nSPS) is 17.8. The van der Waals surface area contributed by atoms with E-state index < -0.39 is 0 Å². The van der Waals surface area contributed by atoms with E-state index in [1.165, 1.54) is 12.1 Å². The van der Waals surface area contributed by atoms with Crippen LogP contribution in [0.3, 0.4) is 0 Å². The molecule has 1 aliphatic heterocycles. The summed E-state index contributed by atoms with van der Waals surface area (Å²) >= 11 is 0. The van der Waals surface area contributed by atoms with Crippen molar-refractivity contribution < 1.29 is 9.18 Å². The summed E-state index contributed by atoms with van der Waals surface area (Å²) < 4.78 is 13.4. The zero-order valence-electron chi connectivity index (χ0n) is 11.5. The van der Waals surface area contributed by atoms with Gasteiger partial charge in [0.25, 0.3) is 0 Å². The fourth-order valence-electron chi connectivity index (χ4n) is 2.70. The number of hydrogen-bond acceptors (Lipinski definition) is 2. The first-order valence-corrected chi connectivity index (χ1v) is 6.97. The number of likely N-dealkylation sites (tertiary alicyclic amines) is 1. The number of benzene rings is 1. The van der Waals surface area contributed by atoms with Gasteiger partial charge in [0.2, 0.25) is 0 Å². The van der Waals surface area contributed by atoms with Crippen LogP contribution in [0.15, 0.2) is 48.8 Å². The van der Waals surface area contributed by atoms with E-state index in [0.717, 1.165) is 18.4 Å². The third-order valence-electron chi connectivity index (χ3n) is 3.68. The Labute approximate surface area is 122 Å². The molecule has 2 heterocycles. The Hall–Kier alpha value is -2.43. The molecule has 1 aliphatic rings. The molecule has 0 radical (unpaired) electrons. The number of rotatable bonds is 2. The van der Waals surface area contributed by atoms with Gasteiger partial charge >= 0.3 is 6.03 Å². The minimum absolute atomic E-state index is 0.0671. The van der Waals surface area contributed by atoms with Gasteiger partial charge in [0.05, 0.1) is 6.04 Å². The maximum atomic E-state index is 13.4. The highest BCUT2D eigenvalue weighted by molar-refractivity contribution is 5.89. The van der Waals surface area contributed by atoms with Crippen molar-refractivity contribution in [1.82, 2.24) is 9.88 Å². The predicted octanol–water partition coefficient (Wildman–Crippen LogP) is 3.59. The molecule has 1 N–H and O–H groups in total. The number of carbonyl (C=O) groups excluding carboxylic acids is 1. The molecule has 0 spiro atoms. The highest BCUT2D eigenvalue weighted by atomic mass is 19.1. The average molecular weight is 285 g/mol. The Morgan fingerprint density at radius 1 is 1.29 bits per heavy atom. The van der Waals surface area contributed by atoms with E-state index in [1.54, 1.807) is 35.5 Å². The number of halogens is 1. The van der Waals surface area contributed by atoms with Crippen LogP contribution in [0.1, 0.15) is 24.4 Å². The Balaban J connectivity index is 1.76. The molecule has 1 atom stereocenters. The number of aromatic nitrogens is 1. The molecule has 3 rings (SSSR count). The standard InChI is InChI=1S/C16H16FN3O/c17-13-4-1-3-12(11-13)15-5-2-10-20(15)16(21)19-14-6-8-18-9-7-14/h1,3-4,6-9,11,15H,2,5,10H2,(H,18,19,21). The number of urea groups is 1. The first-order chi connectivity index (χ1) is 10.2. The molecule has 2 aromatic rings. The van der Waals surface area contributed by atoms with Crippen LogP contribution in [0.25, 0.3) is 0 Å². The van der Waals surface area contributed by atoms with Gasteiger partial charge in [-0.25, -0.2) is 9.18 Å². The molecule has 0 saturated carbocycles. The topological polar surface area (TPSA) is 45.2 Å². The average Bonchev–Trinajstić information content (AvgIpc) is 2.98. The fourth-order valence-corrected chi connectivity index (χ4v) is 2.70. The smallest absolute Gasteiger partial charge is 0.317 e. The summed E-state index contributed by atoms with van der Waals surface area (Å²) in [5.74, 6) is -0.270. The molecule has 4 nitrogen and oxygen atoms in total.